The number of anilines is 1. The number of hydrogen-bond donors (Lipinski definition) is 2. The minimum Gasteiger partial charge on any atom is -0.488 e. The number of benzene rings is 2. The van der Waals surface area contributed by atoms with E-state index in [0.29, 0.717) is 12.3 Å². The molecule has 0 bridgehead atoms. The molecule has 25 heavy (non-hydrogen) atoms. The van der Waals surface area contributed by atoms with Crippen LogP contribution in [0, 0.1) is 0 Å². The van der Waals surface area contributed by atoms with Crippen LogP contribution < -0.4 is 16.0 Å². The summed E-state index contributed by atoms with van der Waals surface area (Å²) >= 11 is 0. The van der Waals surface area contributed by atoms with Gasteiger partial charge in [-0.05, 0) is 29.8 Å². The lowest BCUT2D eigenvalue weighted by atomic mass is 10.1. The number of pyridine rings is 1. The zero-order chi connectivity index (χ0) is 17.6. The summed E-state index contributed by atoms with van der Waals surface area (Å²) < 4.78 is 5.96. The number of aromatic nitrogens is 1. The highest BCUT2D eigenvalue weighted by atomic mass is 16.6. The Morgan fingerprint density at radius 3 is 2.72 bits per heavy atom. The Balaban J connectivity index is 1.70. The average molecular weight is 337 g/mol. The lowest BCUT2D eigenvalue weighted by Gasteiger charge is -2.11. The van der Waals surface area contributed by atoms with E-state index in [1.807, 2.05) is 48.5 Å². The first-order chi connectivity index (χ1) is 12.1. The van der Waals surface area contributed by atoms with E-state index in [-0.39, 0.29) is 12.5 Å². The maximum absolute atomic E-state index is 10.8. The molecule has 3 N–H and O–H groups in total. The summed E-state index contributed by atoms with van der Waals surface area (Å²) in [5, 5.41) is 1.95. The van der Waals surface area contributed by atoms with Crippen LogP contribution in [0.15, 0.2) is 54.7 Å². The Morgan fingerprint density at radius 1 is 1.12 bits per heavy atom. The number of hydroxylamine groups is 1. The van der Waals surface area contributed by atoms with Gasteiger partial charge in [0, 0.05) is 29.6 Å². The lowest BCUT2D eigenvalue weighted by Crippen LogP contribution is -2.20. The highest BCUT2D eigenvalue weighted by Crippen LogP contribution is 2.30. The molecule has 0 aliphatic rings. The van der Waals surface area contributed by atoms with E-state index in [4.69, 9.17) is 15.3 Å². The van der Waals surface area contributed by atoms with Gasteiger partial charge in [0.1, 0.15) is 19.0 Å². The first-order valence-corrected chi connectivity index (χ1v) is 7.85. The predicted molar refractivity (Wildman–Crippen MR) is 95.5 cm³/mol. The molecule has 0 atom stereocenters. The average Bonchev–Trinajstić information content (AvgIpc) is 2.61. The monoisotopic (exact) mass is 337 g/mol. The number of nitrogen functional groups attached to an aromatic ring is 1. The van der Waals surface area contributed by atoms with Crippen LogP contribution in [-0.2, 0) is 22.8 Å². The van der Waals surface area contributed by atoms with E-state index in [1.54, 1.807) is 6.20 Å². The maximum atomic E-state index is 10.8. The molecule has 0 fully saturated rings. The molecule has 2 aromatic carbocycles. The van der Waals surface area contributed by atoms with Gasteiger partial charge in [-0.15, -0.1) is 0 Å². The third-order valence-electron chi connectivity index (χ3n) is 3.63. The van der Waals surface area contributed by atoms with Crippen LogP contribution in [0.1, 0.15) is 18.2 Å². The minimum absolute atomic E-state index is 0.193. The third-order valence-corrected chi connectivity index (χ3v) is 3.63. The molecule has 0 radical (unpaired) electrons. The molecule has 3 rings (SSSR count). The van der Waals surface area contributed by atoms with Crippen molar-refractivity contribution in [1.29, 1.82) is 0 Å². The van der Waals surface area contributed by atoms with Gasteiger partial charge >= 0.3 is 0 Å². The van der Waals surface area contributed by atoms with Crippen LogP contribution >= 0.6 is 0 Å². The fourth-order valence-corrected chi connectivity index (χ4v) is 2.49. The van der Waals surface area contributed by atoms with E-state index in [0.717, 1.165) is 27.8 Å². The number of amides is 1. The van der Waals surface area contributed by atoms with Crippen molar-refractivity contribution < 1.29 is 14.4 Å². The zero-order valence-electron chi connectivity index (χ0n) is 13.9. The Labute approximate surface area is 145 Å². The van der Waals surface area contributed by atoms with Gasteiger partial charge in [-0.25, -0.2) is 5.48 Å². The van der Waals surface area contributed by atoms with Crippen LogP contribution in [0.5, 0.6) is 5.75 Å². The molecule has 0 aliphatic carbocycles. The second-order valence-corrected chi connectivity index (χ2v) is 5.59. The molecule has 3 aromatic rings. The number of hydrogen-bond acceptors (Lipinski definition) is 5. The summed E-state index contributed by atoms with van der Waals surface area (Å²) in [4.78, 5) is 20.1. The van der Waals surface area contributed by atoms with E-state index < -0.39 is 0 Å². The molecular weight excluding hydrogens is 318 g/mol. The van der Waals surface area contributed by atoms with Gasteiger partial charge in [0.25, 0.3) is 0 Å². The summed E-state index contributed by atoms with van der Waals surface area (Å²) in [5.74, 6) is 0.521. The number of nitrogens with zero attached hydrogens (tertiary/aromatic N) is 1. The summed E-state index contributed by atoms with van der Waals surface area (Å²) in [6, 6.07) is 15.3. The van der Waals surface area contributed by atoms with Gasteiger partial charge in [-0.3, -0.25) is 14.6 Å². The van der Waals surface area contributed by atoms with Crippen LogP contribution in [0.2, 0.25) is 0 Å². The predicted octanol–water partition coefficient (Wildman–Crippen LogP) is 2.96. The molecule has 1 aromatic heterocycles. The van der Waals surface area contributed by atoms with E-state index in [1.165, 1.54) is 6.92 Å². The first-order valence-electron chi connectivity index (χ1n) is 7.85. The Kier molecular flexibility index (Phi) is 5.11. The van der Waals surface area contributed by atoms with Crippen LogP contribution in [0.25, 0.3) is 10.8 Å². The largest absolute Gasteiger partial charge is 0.488 e. The molecule has 1 amide bonds. The first kappa shape index (κ1) is 16.7. The van der Waals surface area contributed by atoms with Crippen molar-refractivity contribution in [3.8, 4) is 5.75 Å². The Hall–Kier alpha value is -3.12. The number of nitrogens with two attached hydrogens (primary N) is 1. The second-order valence-electron chi connectivity index (χ2n) is 5.59. The molecular formula is C19H19N3O3. The molecule has 1 heterocycles. The van der Waals surface area contributed by atoms with Gasteiger partial charge in [-0.1, -0.05) is 24.3 Å². The Bertz CT molecular complexity index is 896. The summed E-state index contributed by atoms with van der Waals surface area (Å²) in [6.07, 6.45) is 1.69. The molecule has 0 aliphatic heterocycles. The number of carbonyl (C=O) groups is 1. The molecule has 0 saturated carbocycles. The van der Waals surface area contributed by atoms with Crippen molar-refractivity contribution in [2.45, 2.75) is 20.1 Å². The number of nitrogens with one attached hydrogen (secondary N) is 1. The molecule has 128 valence electrons. The lowest BCUT2D eigenvalue weighted by molar-refractivity contribution is -0.132. The number of ether oxygens (including phenoxy) is 1. The van der Waals surface area contributed by atoms with Crippen molar-refractivity contribution in [3.05, 3.63) is 66.0 Å². The van der Waals surface area contributed by atoms with Crippen LogP contribution in [-0.4, -0.2) is 10.9 Å². The van der Waals surface area contributed by atoms with Gasteiger partial charge in [0.05, 0.1) is 5.69 Å². The summed E-state index contributed by atoms with van der Waals surface area (Å²) in [6.45, 7) is 1.97. The molecule has 6 nitrogen and oxygen atoms in total. The topological polar surface area (TPSA) is 86.5 Å². The van der Waals surface area contributed by atoms with Crippen LogP contribution in [0.4, 0.5) is 5.69 Å². The maximum Gasteiger partial charge on any atom is 0.240 e. The smallest absolute Gasteiger partial charge is 0.240 e. The van der Waals surface area contributed by atoms with E-state index >= 15 is 0 Å². The van der Waals surface area contributed by atoms with Gasteiger partial charge in [0.15, 0.2) is 0 Å². The highest BCUT2D eigenvalue weighted by Gasteiger charge is 2.06. The van der Waals surface area contributed by atoms with Gasteiger partial charge in [-0.2, -0.15) is 0 Å². The number of rotatable bonds is 6. The van der Waals surface area contributed by atoms with Crippen LogP contribution in [0.3, 0.4) is 0 Å². The summed E-state index contributed by atoms with van der Waals surface area (Å²) in [5.41, 5.74) is 10.7. The van der Waals surface area contributed by atoms with Crippen molar-refractivity contribution in [3.63, 3.8) is 0 Å². The van der Waals surface area contributed by atoms with Crippen molar-refractivity contribution >= 4 is 22.4 Å². The van der Waals surface area contributed by atoms with Crippen molar-refractivity contribution in [1.82, 2.24) is 10.5 Å². The number of carbonyl (C=O) groups excluding carboxylic acids is 1. The zero-order valence-corrected chi connectivity index (χ0v) is 13.9. The standard InChI is InChI=1S/C19H19N3O3/c1-13(23)22-25-12-15-10-14(8-9-21-15)11-24-19-7-6-18(20)16-4-2-3-5-17(16)19/h2-10H,11-12,20H2,1H3,(H,22,23). The van der Waals surface area contributed by atoms with Gasteiger partial charge in [0.2, 0.25) is 5.91 Å². The second kappa shape index (κ2) is 7.63. The minimum atomic E-state index is -0.255. The van der Waals surface area contributed by atoms with Crippen molar-refractivity contribution in [2.24, 2.45) is 0 Å². The third kappa shape index (κ3) is 4.24. The molecule has 0 spiro atoms. The summed E-state index contributed by atoms with van der Waals surface area (Å²) in [7, 11) is 0. The fraction of sp³-hybridized carbons (Fsp3) is 0.158. The Morgan fingerprint density at radius 2 is 1.92 bits per heavy atom. The molecule has 0 unspecified atom stereocenters. The normalized spacial score (nSPS) is 10.6. The SMILES string of the molecule is CC(=O)NOCc1cc(COc2ccc(N)c3ccccc23)ccn1. The van der Waals surface area contributed by atoms with Crippen molar-refractivity contribution in [2.75, 3.05) is 5.73 Å². The molecule has 6 heteroatoms. The van der Waals surface area contributed by atoms with Gasteiger partial charge < -0.3 is 10.5 Å². The highest BCUT2D eigenvalue weighted by molar-refractivity contribution is 5.96. The quantitative estimate of drug-likeness (QED) is 0.533. The number of fused-ring (bicyclic) bond motifs is 1. The fourth-order valence-electron chi connectivity index (χ4n) is 2.49. The van der Waals surface area contributed by atoms with E-state index in [9.17, 15) is 4.79 Å². The molecule has 0 saturated heterocycles. The van der Waals surface area contributed by atoms with E-state index in [2.05, 4.69) is 10.5 Å².